The lowest BCUT2D eigenvalue weighted by Crippen LogP contribution is -2.35. The Morgan fingerprint density at radius 2 is 2.00 bits per heavy atom. The molecule has 144 valence electrons. The lowest BCUT2D eigenvalue weighted by molar-refractivity contribution is -0.118. The zero-order valence-electron chi connectivity index (χ0n) is 15.0. The van der Waals surface area contributed by atoms with E-state index in [0.29, 0.717) is 11.4 Å². The summed E-state index contributed by atoms with van der Waals surface area (Å²) in [7, 11) is 3.23. The van der Waals surface area contributed by atoms with Gasteiger partial charge in [-0.15, -0.1) is 0 Å². The number of rotatable bonds is 8. The van der Waals surface area contributed by atoms with Gasteiger partial charge in [0.05, 0.1) is 6.20 Å². The van der Waals surface area contributed by atoms with Crippen molar-refractivity contribution in [3.05, 3.63) is 23.7 Å². The van der Waals surface area contributed by atoms with Crippen molar-refractivity contribution in [1.29, 1.82) is 0 Å². The maximum Gasteiger partial charge on any atom is 0.273 e. The molecule has 6 N–H and O–H groups in total. The minimum atomic E-state index is -0.785. The maximum absolute atomic E-state index is 11.9. The number of carbonyl (C=O) groups excluding carboxylic acids is 3. The number of hydrogen-bond donors (Lipinski definition) is 4. The van der Waals surface area contributed by atoms with Crippen LogP contribution in [0.15, 0.2) is 12.3 Å². The van der Waals surface area contributed by atoms with E-state index in [-0.39, 0.29) is 28.9 Å². The highest BCUT2D eigenvalue weighted by Gasteiger charge is 2.19. The van der Waals surface area contributed by atoms with Crippen LogP contribution in [-0.4, -0.2) is 57.1 Å². The van der Waals surface area contributed by atoms with Crippen LogP contribution in [0.3, 0.4) is 0 Å². The van der Waals surface area contributed by atoms with Gasteiger partial charge in [0.15, 0.2) is 11.5 Å². The van der Waals surface area contributed by atoms with Crippen LogP contribution >= 0.6 is 11.5 Å². The van der Waals surface area contributed by atoms with Crippen molar-refractivity contribution < 1.29 is 14.4 Å². The fraction of sp³-hybridized carbons (Fsp3) is 0.333. The van der Waals surface area contributed by atoms with Crippen molar-refractivity contribution >= 4 is 45.9 Å². The Labute approximate surface area is 159 Å². The summed E-state index contributed by atoms with van der Waals surface area (Å²) in [6.45, 7) is 1.79. The topological polar surface area (TPSA) is 169 Å². The van der Waals surface area contributed by atoms with Crippen LogP contribution < -0.4 is 22.1 Å². The molecule has 0 aromatic carbocycles. The van der Waals surface area contributed by atoms with Gasteiger partial charge < -0.3 is 27.0 Å². The number of hydrogen-bond acceptors (Lipinski definition) is 9. The average molecular weight is 392 g/mol. The Kier molecular flexibility index (Phi) is 6.23. The second-order valence-corrected chi connectivity index (χ2v) is 6.53. The molecular weight excluding hydrogens is 372 g/mol. The molecule has 0 aliphatic rings. The van der Waals surface area contributed by atoms with Gasteiger partial charge in [0.1, 0.15) is 22.6 Å². The number of carbonyl (C=O) groups is 3. The first-order chi connectivity index (χ1) is 12.7. The predicted molar refractivity (Wildman–Crippen MR) is 101 cm³/mol. The number of nitrogens with two attached hydrogens (primary N) is 2. The Morgan fingerprint density at radius 3 is 2.56 bits per heavy atom. The summed E-state index contributed by atoms with van der Waals surface area (Å²) in [6.07, 6.45) is 1.73. The molecule has 0 fully saturated rings. The molecule has 27 heavy (non-hydrogen) atoms. The highest BCUT2D eigenvalue weighted by Crippen LogP contribution is 2.24. The molecule has 0 saturated heterocycles. The van der Waals surface area contributed by atoms with Gasteiger partial charge in [-0.3, -0.25) is 14.4 Å². The molecular formula is C15H20N8O3S. The molecule has 2 heterocycles. The van der Waals surface area contributed by atoms with Crippen molar-refractivity contribution in [2.45, 2.75) is 19.4 Å². The normalized spacial score (nSPS) is 11.5. The summed E-state index contributed by atoms with van der Waals surface area (Å²) < 4.78 is 4.06. The standard InChI is InChI=1S/C15H20N8O3S/c1-4-7(12(16)24)19-9-6-18-11(13(17)25)14(20-9)21-10-5-8(22-27-10)15(26)23(2)3/h5-7H,4H2,1-3H3,(H2,16,24)(H2,17,25)(H2,19,20,21)/t7-/m1/s1. The summed E-state index contributed by atoms with van der Waals surface area (Å²) in [5, 5.41) is 6.20. The van der Waals surface area contributed by atoms with Crippen LogP contribution in [0.5, 0.6) is 0 Å². The van der Waals surface area contributed by atoms with Crippen LogP contribution in [0.4, 0.5) is 16.6 Å². The third-order valence-electron chi connectivity index (χ3n) is 3.46. The van der Waals surface area contributed by atoms with E-state index in [1.54, 1.807) is 21.0 Å². The smallest absolute Gasteiger partial charge is 0.273 e. The fourth-order valence-electron chi connectivity index (χ4n) is 2.06. The van der Waals surface area contributed by atoms with E-state index in [0.717, 1.165) is 11.5 Å². The number of nitrogens with one attached hydrogen (secondary N) is 2. The number of amides is 3. The molecule has 0 unspecified atom stereocenters. The molecule has 0 aliphatic carbocycles. The number of nitrogens with zero attached hydrogens (tertiary/aromatic N) is 4. The number of aromatic nitrogens is 3. The van der Waals surface area contributed by atoms with Crippen molar-refractivity contribution in [1.82, 2.24) is 19.2 Å². The van der Waals surface area contributed by atoms with Gasteiger partial charge in [0.2, 0.25) is 5.91 Å². The summed E-state index contributed by atoms with van der Waals surface area (Å²) in [4.78, 5) is 44.6. The minimum Gasteiger partial charge on any atom is -0.368 e. The molecule has 3 amide bonds. The summed E-state index contributed by atoms with van der Waals surface area (Å²) in [5.41, 5.74) is 10.8. The molecule has 0 spiro atoms. The highest BCUT2D eigenvalue weighted by atomic mass is 32.1. The van der Waals surface area contributed by atoms with E-state index in [9.17, 15) is 14.4 Å². The number of anilines is 3. The Hall–Kier alpha value is -3.28. The Morgan fingerprint density at radius 1 is 1.30 bits per heavy atom. The SMILES string of the molecule is CC[C@@H](Nc1cnc(C(N)=O)c(Nc2cc(C(=O)N(C)C)ns2)n1)C(N)=O. The third-order valence-corrected chi connectivity index (χ3v) is 4.16. The molecule has 2 aromatic heterocycles. The van der Waals surface area contributed by atoms with Crippen LogP contribution in [0.2, 0.25) is 0 Å². The second-order valence-electron chi connectivity index (χ2n) is 5.73. The van der Waals surface area contributed by atoms with Gasteiger partial charge in [-0.2, -0.15) is 4.37 Å². The van der Waals surface area contributed by atoms with Gasteiger partial charge in [0.25, 0.3) is 11.8 Å². The van der Waals surface area contributed by atoms with Gasteiger partial charge in [-0.05, 0) is 18.0 Å². The first-order valence-corrected chi connectivity index (χ1v) is 8.68. The van der Waals surface area contributed by atoms with Gasteiger partial charge >= 0.3 is 0 Å². The molecule has 0 bridgehead atoms. The largest absolute Gasteiger partial charge is 0.368 e. The third kappa shape index (κ3) is 4.88. The highest BCUT2D eigenvalue weighted by molar-refractivity contribution is 7.10. The lowest BCUT2D eigenvalue weighted by atomic mass is 10.2. The quantitative estimate of drug-likeness (QED) is 0.492. The molecule has 2 rings (SSSR count). The Bertz CT molecular complexity index is 866. The van der Waals surface area contributed by atoms with Crippen LogP contribution in [0.25, 0.3) is 0 Å². The fourth-order valence-corrected chi connectivity index (χ4v) is 2.69. The van der Waals surface area contributed by atoms with Crippen LogP contribution in [0, 0.1) is 0 Å². The van der Waals surface area contributed by atoms with Crippen LogP contribution in [0.1, 0.15) is 34.3 Å². The number of primary amides is 2. The zero-order valence-corrected chi connectivity index (χ0v) is 15.8. The van der Waals surface area contributed by atoms with E-state index in [2.05, 4.69) is 25.0 Å². The molecule has 12 heteroatoms. The Balaban J connectivity index is 2.31. The lowest BCUT2D eigenvalue weighted by Gasteiger charge is -2.15. The van der Waals surface area contributed by atoms with Crippen molar-refractivity contribution in [2.24, 2.45) is 11.5 Å². The molecule has 0 saturated carbocycles. The molecule has 1 atom stereocenters. The molecule has 0 radical (unpaired) electrons. The van der Waals surface area contributed by atoms with Crippen molar-refractivity contribution in [3.63, 3.8) is 0 Å². The minimum absolute atomic E-state index is 0.0688. The van der Waals surface area contributed by atoms with E-state index >= 15 is 0 Å². The van der Waals surface area contributed by atoms with Crippen LogP contribution in [-0.2, 0) is 4.79 Å². The summed E-state index contributed by atoms with van der Waals surface area (Å²) in [6, 6.07) is 0.886. The van der Waals surface area contributed by atoms with Gasteiger partial charge in [-0.25, -0.2) is 9.97 Å². The monoisotopic (exact) mass is 392 g/mol. The average Bonchev–Trinajstić information content (AvgIpc) is 3.06. The maximum atomic E-state index is 11.9. The van der Waals surface area contributed by atoms with Crippen molar-refractivity contribution in [2.75, 3.05) is 24.7 Å². The van der Waals surface area contributed by atoms with Gasteiger partial charge in [0, 0.05) is 20.2 Å². The molecule has 11 nitrogen and oxygen atoms in total. The summed E-state index contributed by atoms with van der Waals surface area (Å²) >= 11 is 1.02. The van der Waals surface area contributed by atoms with E-state index in [1.807, 2.05) is 0 Å². The van der Waals surface area contributed by atoms with Crippen molar-refractivity contribution in [3.8, 4) is 0 Å². The summed E-state index contributed by atoms with van der Waals surface area (Å²) in [5.74, 6) is -1.28. The van der Waals surface area contributed by atoms with E-state index in [4.69, 9.17) is 11.5 Å². The zero-order chi connectivity index (χ0) is 20.1. The predicted octanol–water partition coefficient (Wildman–Crippen LogP) is 0.153. The van der Waals surface area contributed by atoms with E-state index in [1.165, 1.54) is 17.2 Å². The van der Waals surface area contributed by atoms with E-state index < -0.39 is 17.9 Å². The first-order valence-electron chi connectivity index (χ1n) is 7.91. The molecule has 0 aliphatic heterocycles. The van der Waals surface area contributed by atoms with Gasteiger partial charge in [-0.1, -0.05) is 6.92 Å². The second kappa shape index (κ2) is 8.40. The first kappa shape index (κ1) is 20.0. The molecule has 2 aromatic rings.